The number of methoxy groups -OCH3 is 1. The Hall–Kier alpha value is -2.54. The maximum Gasteiger partial charge on any atom is 0.204 e. The van der Waals surface area contributed by atoms with Crippen LogP contribution in [-0.2, 0) is 6.42 Å². The van der Waals surface area contributed by atoms with Crippen molar-refractivity contribution in [3.05, 3.63) is 45.9 Å². The third-order valence-corrected chi connectivity index (χ3v) is 5.74. The number of hydrogen-bond donors (Lipinski definition) is 0. The standard InChI is InChI=1S/C22H29N5OS/c1-15(2)22-23-19(14-29-22)10-8-6-7-9-17-13-18(11-12-20(17)28-5)21-24-26-27(25-21)16(3)4/h7,9,11-16H,6,8,10H2,1-5H3. The number of rotatable bonds is 9. The first-order valence-corrected chi connectivity index (χ1v) is 10.9. The van der Waals surface area contributed by atoms with Crippen molar-refractivity contribution in [1.29, 1.82) is 0 Å². The van der Waals surface area contributed by atoms with Crippen LogP contribution in [0.3, 0.4) is 0 Å². The molecule has 0 fully saturated rings. The number of ether oxygens (including phenoxy) is 1. The zero-order valence-electron chi connectivity index (χ0n) is 17.8. The van der Waals surface area contributed by atoms with Gasteiger partial charge in [-0.25, -0.2) is 4.98 Å². The molecule has 0 atom stereocenters. The van der Waals surface area contributed by atoms with Crippen molar-refractivity contribution in [2.45, 2.75) is 58.9 Å². The molecule has 0 N–H and O–H groups in total. The Labute approximate surface area is 176 Å². The molecular weight excluding hydrogens is 382 g/mol. The van der Waals surface area contributed by atoms with Gasteiger partial charge in [-0.15, -0.1) is 21.5 Å². The Morgan fingerprint density at radius 1 is 1.21 bits per heavy atom. The molecule has 0 aliphatic rings. The number of aryl methyl sites for hydroxylation is 1. The van der Waals surface area contributed by atoms with E-state index < -0.39 is 0 Å². The lowest BCUT2D eigenvalue weighted by Gasteiger charge is -2.06. The van der Waals surface area contributed by atoms with Crippen LogP contribution in [-0.4, -0.2) is 32.3 Å². The summed E-state index contributed by atoms with van der Waals surface area (Å²) in [6.45, 7) is 8.43. The summed E-state index contributed by atoms with van der Waals surface area (Å²) in [5.41, 5.74) is 3.15. The molecule has 0 unspecified atom stereocenters. The summed E-state index contributed by atoms with van der Waals surface area (Å²) in [5.74, 6) is 1.97. The fourth-order valence-corrected chi connectivity index (χ4v) is 3.75. The summed E-state index contributed by atoms with van der Waals surface area (Å²) in [7, 11) is 1.69. The summed E-state index contributed by atoms with van der Waals surface area (Å²) in [6, 6.07) is 6.15. The average Bonchev–Trinajstić information content (AvgIpc) is 3.37. The first kappa shape index (κ1) is 21.2. The van der Waals surface area contributed by atoms with Crippen LogP contribution in [0.15, 0.2) is 29.7 Å². The number of hydrogen-bond acceptors (Lipinski definition) is 6. The van der Waals surface area contributed by atoms with Crippen molar-refractivity contribution in [3.8, 4) is 17.1 Å². The molecule has 2 aromatic heterocycles. The first-order valence-electron chi connectivity index (χ1n) is 10.1. The smallest absolute Gasteiger partial charge is 0.204 e. The Bertz CT molecular complexity index is 958. The van der Waals surface area contributed by atoms with E-state index in [9.17, 15) is 0 Å². The number of benzene rings is 1. The average molecular weight is 412 g/mol. The summed E-state index contributed by atoms with van der Waals surface area (Å²) < 4.78 is 5.51. The lowest BCUT2D eigenvalue weighted by atomic mass is 10.1. The highest BCUT2D eigenvalue weighted by Crippen LogP contribution is 2.26. The van der Waals surface area contributed by atoms with Crippen LogP contribution in [0.4, 0.5) is 0 Å². The topological polar surface area (TPSA) is 65.7 Å². The van der Waals surface area contributed by atoms with E-state index in [2.05, 4.69) is 46.8 Å². The van der Waals surface area contributed by atoms with Gasteiger partial charge in [0.2, 0.25) is 5.82 Å². The molecule has 3 rings (SSSR count). The monoisotopic (exact) mass is 411 g/mol. The van der Waals surface area contributed by atoms with Crippen LogP contribution in [0, 0.1) is 0 Å². The van der Waals surface area contributed by atoms with Gasteiger partial charge >= 0.3 is 0 Å². The summed E-state index contributed by atoms with van der Waals surface area (Å²) in [6.07, 6.45) is 7.37. The maximum absolute atomic E-state index is 5.51. The molecule has 0 aliphatic heterocycles. The second-order valence-electron chi connectivity index (χ2n) is 7.61. The van der Waals surface area contributed by atoms with Crippen molar-refractivity contribution in [2.75, 3.05) is 7.11 Å². The van der Waals surface area contributed by atoms with E-state index >= 15 is 0 Å². The predicted molar refractivity (Wildman–Crippen MR) is 118 cm³/mol. The lowest BCUT2D eigenvalue weighted by Crippen LogP contribution is -2.04. The van der Waals surface area contributed by atoms with E-state index in [1.807, 2.05) is 32.0 Å². The highest BCUT2D eigenvalue weighted by Gasteiger charge is 2.10. The minimum absolute atomic E-state index is 0.184. The molecule has 3 aromatic rings. The minimum Gasteiger partial charge on any atom is -0.496 e. The molecule has 0 saturated heterocycles. The van der Waals surface area contributed by atoms with E-state index in [0.29, 0.717) is 11.7 Å². The van der Waals surface area contributed by atoms with Crippen molar-refractivity contribution in [3.63, 3.8) is 0 Å². The molecule has 29 heavy (non-hydrogen) atoms. The van der Waals surface area contributed by atoms with E-state index in [-0.39, 0.29) is 6.04 Å². The van der Waals surface area contributed by atoms with E-state index in [0.717, 1.165) is 36.1 Å². The zero-order chi connectivity index (χ0) is 20.8. The van der Waals surface area contributed by atoms with E-state index in [1.54, 1.807) is 23.2 Å². The number of unbranched alkanes of at least 4 members (excludes halogenated alkanes) is 1. The predicted octanol–water partition coefficient (Wildman–Crippen LogP) is 5.55. The van der Waals surface area contributed by atoms with Gasteiger partial charge in [-0.2, -0.15) is 4.80 Å². The Morgan fingerprint density at radius 3 is 2.69 bits per heavy atom. The Kier molecular flexibility index (Phi) is 7.14. The fourth-order valence-electron chi connectivity index (χ4n) is 2.88. The number of allylic oxidation sites excluding steroid dienone is 1. The summed E-state index contributed by atoms with van der Waals surface area (Å²) >= 11 is 1.76. The van der Waals surface area contributed by atoms with E-state index in [4.69, 9.17) is 9.72 Å². The first-order chi connectivity index (χ1) is 14.0. The molecule has 0 radical (unpaired) electrons. The van der Waals surface area contributed by atoms with Gasteiger partial charge in [-0.1, -0.05) is 26.0 Å². The molecule has 0 saturated carbocycles. The fraction of sp³-hybridized carbons (Fsp3) is 0.455. The van der Waals surface area contributed by atoms with Crippen LogP contribution in [0.5, 0.6) is 5.75 Å². The van der Waals surface area contributed by atoms with Crippen molar-refractivity contribution < 1.29 is 4.74 Å². The van der Waals surface area contributed by atoms with Crippen molar-refractivity contribution in [2.24, 2.45) is 0 Å². The van der Waals surface area contributed by atoms with Gasteiger partial charge in [-0.05, 0) is 56.5 Å². The molecule has 0 bridgehead atoms. The maximum atomic E-state index is 5.51. The molecule has 154 valence electrons. The Balaban J connectivity index is 1.63. The summed E-state index contributed by atoms with van der Waals surface area (Å²) in [5, 5.41) is 16.1. The van der Waals surface area contributed by atoms with Gasteiger partial charge in [0.25, 0.3) is 0 Å². The molecule has 0 aliphatic carbocycles. The quantitative estimate of drug-likeness (QED) is 0.432. The van der Waals surface area contributed by atoms with E-state index in [1.165, 1.54) is 10.7 Å². The number of tetrazole rings is 1. The van der Waals surface area contributed by atoms with Crippen LogP contribution in [0.25, 0.3) is 17.5 Å². The molecule has 6 nitrogen and oxygen atoms in total. The second kappa shape index (κ2) is 9.78. The SMILES string of the molecule is COc1ccc(-c2nnn(C(C)C)n2)cc1C=CCCCc1csc(C(C)C)n1. The van der Waals surface area contributed by atoms with Crippen LogP contribution in [0.1, 0.15) is 68.8 Å². The number of nitrogens with zero attached hydrogens (tertiary/aromatic N) is 5. The van der Waals surface area contributed by atoms with Crippen molar-refractivity contribution >= 4 is 17.4 Å². The van der Waals surface area contributed by atoms with Gasteiger partial charge in [0.1, 0.15) is 5.75 Å². The molecule has 7 heteroatoms. The van der Waals surface area contributed by atoms with Gasteiger partial charge in [0.05, 0.1) is 23.9 Å². The highest BCUT2D eigenvalue weighted by molar-refractivity contribution is 7.09. The summed E-state index contributed by atoms with van der Waals surface area (Å²) in [4.78, 5) is 6.33. The lowest BCUT2D eigenvalue weighted by molar-refractivity contribution is 0.414. The molecule has 0 spiro atoms. The van der Waals surface area contributed by atoms with Crippen LogP contribution >= 0.6 is 11.3 Å². The largest absolute Gasteiger partial charge is 0.496 e. The van der Waals surface area contributed by atoms with Gasteiger partial charge < -0.3 is 4.74 Å². The molecule has 0 amide bonds. The highest BCUT2D eigenvalue weighted by atomic mass is 32.1. The molecule has 2 heterocycles. The van der Waals surface area contributed by atoms with Crippen molar-refractivity contribution in [1.82, 2.24) is 25.2 Å². The third-order valence-electron chi connectivity index (χ3n) is 4.54. The van der Waals surface area contributed by atoms with Gasteiger partial charge in [0, 0.05) is 22.4 Å². The normalized spacial score (nSPS) is 11.8. The zero-order valence-corrected chi connectivity index (χ0v) is 18.6. The molecule has 1 aromatic carbocycles. The van der Waals surface area contributed by atoms with Gasteiger partial charge in [-0.3, -0.25) is 0 Å². The molecular formula is C22H29N5OS. The van der Waals surface area contributed by atoms with Crippen LogP contribution < -0.4 is 4.74 Å². The minimum atomic E-state index is 0.184. The Morgan fingerprint density at radius 2 is 2.03 bits per heavy atom. The van der Waals surface area contributed by atoms with Crippen LogP contribution in [0.2, 0.25) is 0 Å². The number of thiazole rings is 1. The van der Waals surface area contributed by atoms with Gasteiger partial charge in [0.15, 0.2) is 0 Å². The second-order valence-corrected chi connectivity index (χ2v) is 8.50. The number of aromatic nitrogens is 5. The third kappa shape index (κ3) is 5.50.